The van der Waals surface area contributed by atoms with Crippen molar-refractivity contribution in [1.82, 2.24) is 14.9 Å². The highest BCUT2D eigenvalue weighted by Gasteiger charge is 2.18. The SMILES string of the molecule is Clc1cc(-c2ccncn2)ccc1CN1CC1. The van der Waals surface area contributed by atoms with Gasteiger partial charge < -0.3 is 0 Å². The fourth-order valence-corrected chi connectivity index (χ4v) is 2.01. The van der Waals surface area contributed by atoms with Gasteiger partial charge in [0.25, 0.3) is 0 Å². The number of hydrogen-bond acceptors (Lipinski definition) is 3. The first-order chi connectivity index (χ1) is 8.33. The van der Waals surface area contributed by atoms with E-state index in [1.165, 1.54) is 18.7 Å². The van der Waals surface area contributed by atoms with Crippen LogP contribution < -0.4 is 0 Å². The highest BCUT2D eigenvalue weighted by molar-refractivity contribution is 6.31. The van der Waals surface area contributed by atoms with E-state index in [0.29, 0.717) is 0 Å². The summed E-state index contributed by atoms with van der Waals surface area (Å²) in [6.07, 6.45) is 3.28. The Hall–Kier alpha value is -1.45. The number of benzene rings is 1. The molecule has 2 aromatic rings. The molecule has 86 valence electrons. The van der Waals surface area contributed by atoms with Crippen molar-refractivity contribution in [3.8, 4) is 11.3 Å². The van der Waals surface area contributed by atoms with E-state index in [0.717, 1.165) is 22.8 Å². The van der Waals surface area contributed by atoms with Crippen molar-refractivity contribution in [2.24, 2.45) is 0 Å². The Labute approximate surface area is 105 Å². The molecule has 3 rings (SSSR count). The third-order valence-electron chi connectivity index (χ3n) is 2.86. The minimum atomic E-state index is 0.813. The Morgan fingerprint density at radius 2 is 2.12 bits per heavy atom. The summed E-state index contributed by atoms with van der Waals surface area (Å²) in [7, 11) is 0. The molecule has 1 aliphatic heterocycles. The first kappa shape index (κ1) is 10.7. The quantitative estimate of drug-likeness (QED) is 0.779. The zero-order valence-corrected chi connectivity index (χ0v) is 10.1. The average molecular weight is 246 g/mol. The second-order valence-electron chi connectivity index (χ2n) is 4.18. The number of nitrogens with zero attached hydrogens (tertiary/aromatic N) is 3. The minimum Gasteiger partial charge on any atom is -0.296 e. The van der Waals surface area contributed by atoms with E-state index < -0.39 is 0 Å². The molecule has 0 bridgehead atoms. The number of hydrogen-bond donors (Lipinski definition) is 0. The zero-order chi connectivity index (χ0) is 11.7. The summed E-state index contributed by atoms with van der Waals surface area (Å²) in [5.74, 6) is 0. The van der Waals surface area contributed by atoms with Gasteiger partial charge in [-0.3, -0.25) is 4.90 Å². The molecule has 1 aromatic carbocycles. The van der Waals surface area contributed by atoms with Crippen LogP contribution in [0.2, 0.25) is 5.02 Å². The van der Waals surface area contributed by atoms with Crippen LogP contribution >= 0.6 is 11.6 Å². The molecule has 3 nitrogen and oxygen atoms in total. The average Bonchev–Trinajstić information content (AvgIpc) is 3.17. The molecule has 0 atom stereocenters. The van der Waals surface area contributed by atoms with Gasteiger partial charge in [0.05, 0.1) is 5.69 Å². The van der Waals surface area contributed by atoms with E-state index in [2.05, 4.69) is 27.0 Å². The van der Waals surface area contributed by atoms with Gasteiger partial charge in [0.1, 0.15) is 6.33 Å². The number of aromatic nitrogens is 2. The molecule has 1 aliphatic rings. The van der Waals surface area contributed by atoms with E-state index in [1.807, 2.05) is 12.1 Å². The second-order valence-corrected chi connectivity index (χ2v) is 4.58. The summed E-state index contributed by atoms with van der Waals surface area (Å²) in [5.41, 5.74) is 3.12. The van der Waals surface area contributed by atoms with E-state index in [4.69, 9.17) is 11.6 Å². The summed E-state index contributed by atoms with van der Waals surface area (Å²) in [4.78, 5) is 10.5. The third-order valence-corrected chi connectivity index (χ3v) is 3.22. The molecule has 0 amide bonds. The molecule has 1 saturated heterocycles. The van der Waals surface area contributed by atoms with Gasteiger partial charge in [-0.25, -0.2) is 9.97 Å². The Kier molecular flexibility index (Phi) is 2.79. The van der Waals surface area contributed by atoms with Crippen molar-refractivity contribution >= 4 is 11.6 Å². The van der Waals surface area contributed by atoms with Crippen molar-refractivity contribution in [2.75, 3.05) is 13.1 Å². The standard InChI is InChI=1S/C13H12ClN3/c14-12-7-10(13-3-4-15-9-16-13)1-2-11(12)8-17-5-6-17/h1-4,7,9H,5-6,8H2. The smallest absolute Gasteiger partial charge is 0.116 e. The first-order valence-electron chi connectivity index (χ1n) is 5.60. The Morgan fingerprint density at radius 3 is 2.76 bits per heavy atom. The summed E-state index contributed by atoms with van der Waals surface area (Å²) in [6.45, 7) is 3.32. The van der Waals surface area contributed by atoms with Crippen LogP contribution in [-0.4, -0.2) is 28.0 Å². The molecule has 0 spiro atoms. The molecular weight excluding hydrogens is 234 g/mol. The van der Waals surface area contributed by atoms with E-state index in [9.17, 15) is 0 Å². The molecular formula is C13H12ClN3. The maximum absolute atomic E-state index is 6.28. The van der Waals surface area contributed by atoms with Crippen LogP contribution in [-0.2, 0) is 6.54 Å². The lowest BCUT2D eigenvalue weighted by molar-refractivity contribution is 0.556. The fourth-order valence-electron chi connectivity index (χ4n) is 1.77. The maximum atomic E-state index is 6.28. The lowest BCUT2D eigenvalue weighted by atomic mass is 10.1. The van der Waals surface area contributed by atoms with Crippen molar-refractivity contribution in [1.29, 1.82) is 0 Å². The summed E-state index contributed by atoms with van der Waals surface area (Å²) in [6, 6.07) is 8.00. The molecule has 2 heterocycles. The summed E-state index contributed by atoms with van der Waals surface area (Å²) < 4.78 is 0. The number of halogens is 1. The molecule has 0 N–H and O–H groups in total. The van der Waals surface area contributed by atoms with E-state index >= 15 is 0 Å². The minimum absolute atomic E-state index is 0.813. The fraction of sp³-hybridized carbons (Fsp3) is 0.231. The highest BCUT2D eigenvalue weighted by atomic mass is 35.5. The van der Waals surface area contributed by atoms with Gasteiger partial charge in [0.2, 0.25) is 0 Å². The van der Waals surface area contributed by atoms with E-state index in [-0.39, 0.29) is 0 Å². The Morgan fingerprint density at radius 1 is 1.24 bits per heavy atom. The largest absolute Gasteiger partial charge is 0.296 e. The monoisotopic (exact) mass is 245 g/mol. The Bertz CT molecular complexity index is 523. The van der Waals surface area contributed by atoms with Crippen LogP contribution in [0.1, 0.15) is 5.56 Å². The maximum Gasteiger partial charge on any atom is 0.116 e. The summed E-state index contributed by atoms with van der Waals surface area (Å²) >= 11 is 6.28. The van der Waals surface area contributed by atoms with Crippen molar-refractivity contribution in [2.45, 2.75) is 6.54 Å². The van der Waals surface area contributed by atoms with Crippen molar-refractivity contribution in [3.05, 3.63) is 47.4 Å². The first-order valence-corrected chi connectivity index (χ1v) is 5.98. The molecule has 0 aliphatic carbocycles. The Balaban J connectivity index is 1.89. The molecule has 0 saturated carbocycles. The van der Waals surface area contributed by atoms with Gasteiger partial charge in [0, 0.05) is 36.4 Å². The lowest BCUT2D eigenvalue weighted by Crippen LogP contribution is -1.97. The van der Waals surface area contributed by atoms with Gasteiger partial charge in [-0.05, 0) is 17.7 Å². The van der Waals surface area contributed by atoms with Crippen LogP contribution in [0.4, 0.5) is 0 Å². The third kappa shape index (κ3) is 2.46. The van der Waals surface area contributed by atoms with E-state index in [1.54, 1.807) is 12.5 Å². The highest BCUT2D eigenvalue weighted by Crippen LogP contribution is 2.26. The second kappa shape index (κ2) is 4.43. The summed E-state index contributed by atoms with van der Waals surface area (Å²) in [5, 5.41) is 0.813. The molecule has 0 radical (unpaired) electrons. The van der Waals surface area contributed by atoms with Gasteiger partial charge >= 0.3 is 0 Å². The van der Waals surface area contributed by atoms with Crippen LogP contribution in [0.5, 0.6) is 0 Å². The van der Waals surface area contributed by atoms with Crippen LogP contribution in [0, 0.1) is 0 Å². The van der Waals surface area contributed by atoms with Crippen LogP contribution in [0.3, 0.4) is 0 Å². The number of rotatable bonds is 3. The molecule has 1 fully saturated rings. The molecule has 1 aromatic heterocycles. The molecule has 4 heteroatoms. The van der Waals surface area contributed by atoms with Gasteiger partial charge in [0.15, 0.2) is 0 Å². The topological polar surface area (TPSA) is 28.8 Å². The van der Waals surface area contributed by atoms with Gasteiger partial charge in [-0.2, -0.15) is 0 Å². The predicted molar refractivity (Wildman–Crippen MR) is 67.8 cm³/mol. The zero-order valence-electron chi connectivity index (χ0n) is 9.31. The van der Waals surface area contributed by atoms with Gasteiger partial charge in [-0.1, -0.05) is 23.7 Å². The predicted octanol–water partition coefficient (Wildman–Crippen LogP) is 2.61. The van der Waals surface area contributed by atoms with Crippen molar-refractivity contribution in [3.63, 3.8) is 0 Å². The molecule has 17 heavy (non-hydrogen) atoms. The van der Waals surface area contributed by atoms with Crippen LogP contribution in [0.15, 0.2) is 36.8 Å². The van der Waals surface area contributed by atoms with Gasteiger partial charge in [-0.15, -0.1) is 0 Å². The van der Waals surface area contributed by atoms with Crippen molar-refractivity contribution < 1.29 is 0 Å². The van der Waals surface area contributed by atoms with Crippen LogP contribution in [0.25, 0.3) is 11.3 Å². The normalized spacial score (nSPS) is 14.9. The lowest BCUT2D eigenvalue weighted by Gasteiger charge is -2.07. The molecule has 0 unspecified atom stereocenters.